The molecule has 6 heteroatoms. The van der Waals surface area contributed by atoms with E-state index in [4.69, 9.17) is 4.74 Å². The minimum Gasteiger partial charge on any atom is -0.492 e. The third-order valence-corrected chi connectivity index (χ3v) is 6.48. The van der Waals surface area contributed by atoms with Crippen LogP contribution in [0.2, 0.25) is 0 Å². The van der Waals surface area contributed by atoms with Gasteiger partial charge in [0.25, 0.3) is 0 Å². The highest BCUT2D eigenvalue weighted by Crippen LogP contribution is 2.19. The first-order chi connectivity index (χ1) is 11.1. The summed E-state index contributed by atoms with van der Waals surface area (Å²) in [5.41, 5.74) is 0. The number of benzene rings is 1. The number of sulfone groups is 1. The van der Waals surface area contributed by atoms with Crippen LogP contribution in [0.3, 0.4) is 0 Å². The Morgan fingerprint density at radius 1 is 1.00 bits per heavy atom. The summed E-state index contributed by atoms with van der Waals surface area (Å²) >= 11 is 0. The van der Waals surface area contributed by atoms with Crippen molar-refractivity contribution in [2.75, 3.05) is 50.8 Å². The van der Waals surface area contributed by atoms with Gasteiger partial charge < -0.3 is 4.74 Å². The summed E-state index contributed by atoms with van der Waals surface area (Å²) in [7, 11) is -2.77. The van der Waals surface area contributed by atoms with Gasteiger partial charge in [0.1, 0.15) is 12.4 Å². The molecule has 0 saturated carbocycles. The second-order valence-electron chi connectivity index (χ2n) is 6.42. The molecule has 2 fully saturated rings. The lowest BCUT2D eigenvalue weighted by molar-refractivity contribution is 0.105. The monoisotopic (exact) mass is 338 g/mol. The molecule has 0 radical (unpaired) electrons. The Hall–Kier alpha value is -1.11. The van der Waals surface area contributed by atoms with E-state index in [1.807, 2.05) is 30.3 Å². The van der Waals surface area contributed by atoms with Crippen LogP contribution in [0.15, 0.2) is 30.3 Å². The maximum absolute atomic E-state index is 11.5. The van der Waals surface area contributed by atoms with Crippen molar-refractivity contribution in [3.8, 4) is 5.75 Å². The molecule has 1 aromatic carbocycles. The lowest BCUT2D eigenvalue weighted by atomic mass is 10.0. The standard InChI is InChI=1S/C17H26N2O3S/c20-23(21)14-11-19(12-15-23)16-6-8-18(9-7-16)10-13-22-17-4-2-1-3-5-17/h1-5,16H,6-15H2. The van der Waals surface area contributed by atoms with Crippen molar-refractivity contribution in [1.29, 1.82) is 0 Å². The number of rotatable bonds is 5. The van der Waals surface area contributed by atoms with Gasteiger partial charge in [0.2, 0.25) is 0 Å². The maximum Gasteiger partial charge on any atom is 0.152 e. The van der Waals surface area contributed by atoms with Crippen LogP contribution in [0.1, 0.15) is 12.8 Å². The number of likely N-dealkylation sites (tertiary alicyclic amines) is 1. The summed E-state index contributed by atoms with van der Waals surface area (Å²) in [5, 5.41) is 0. The van der Waals surface area contributed by atoms with Gasteiger partial charge in [-0.15, -0.1) is 0 Å². The number of hydrogen-bond donors (Lipinski definition) is 0. The topological polar surface area (TPSA) is 49.9 Å². The van der Waals surface area contributed by atoms with Gasteiger partial charge in [-0.2, -0.15) is 0 Å². The fraction of sp³-hybridized carbons (Fsp3) is 0.647. The van der Waals surface area contributed by atoms with Crippen molar-refractivity contribution >= 4 is 9.84 Å². The molecule has 128 valence electrons. The van der Waals surface area contributed by atoms with Crippen LogP contribution in [-0.2, 0) is 9.84 Å². The van der Waals surface area contributed by atoms with E-state index in [9.17, 15) is 8.42 Å². The van der Waals surface area contributed by atoms with E-state index in [-0.39, 0.29) is 0 Å². The first-order valence-corrected chi connectivity index (χ1v) is 10.3. The molecule has 0 amide bonds. The van der Waals surface area contributed by atoms with Crippen LogP contribution in [0.4, 0.5) is 0 Å². The predicted molar refractivity (Wildman–Crippen MR) is 91.6 cm³/mol. The molecule has 0 aliphatic carbocycles. The van der Waals surface area contributed by atoms with E-state index in [0.29, 0.717) is 30.6 Å². The highest BCUT2D eigenvalue weighted by molar-refractivity contribution is 7.91. The van der Waals surface area contributed by atoms with Gasteiger partial charge in [-0.1, -0.05) is 18.2 Å². The van der Waals surface area contributed by atoms with Crippen LogP contribution in [0.25, 0.3) is 0 Å². The average Bonchev–Trinajstić information content (AvgIpc) is 2.57. The summed E-state index contributed by atoms with van der Waals surface area (Å²) in [4.78, 5) is 4.82. The Morgan fingerprint density at radius 2 is 1.65 bits per heavy atom. The Labute approximate surface area is 139 Å². The fourth-order valence-electron chi connectivity index (χ4n) is 3.41. The quantitative estimate of drug-likeness (QED) is 0.809. The van der Waals surface area contributed by atoms with Gasteiger partial charge in [0, 0.05) is 25.7 Å². The number of piperidine rings is 1. The Kier molecular flexibility index (Phi) is 5.56. The van der Waals surface area contributed by atoms with Crippen LogP contribution in [0.5, 0.6) is 5.75 Å². The van der Waals surface area contributed by atoms with Gasteiger partial charge in [-0.25, -0.2) is 8.42 Å². The second kappa shape index (κ2) is 7.64. The van der Waals surface area contributed by atoms with Crippen molar-refractivity contribution in [2.45, 2.75) is 18.9 Å². The number of hydrogen-bond acceptors (Lipinski definition) is 5. The van der Waals surface area contributed by atoms with Gasteiger partial charge in [-0.05, 0) is 38.1 Å². The zero-order valence-electron chi connectivity index (χ0n) is 13.6. The zero-order valence-corrected chi connectivity index (χ0v) is 14.4. The largest absolute Gasteiger partial charge is 0.492 e. The molecule has 0 unspecified atom stereocenters. The van der Waals surface area contributed by atoms with Crippen molar-refractivity contribution in [1.82, 2.24) is 9.80 Å². The van der Waals surface area contributed by atoms with Gasteiger partial charge in [-0.3, -0.25) is 9.80 Å². The van der Waals surface area contributed by atoms with Crippen molar-refractivity contribution in [3.05, 3.63) is 30.3 Å². The molecule has 2 saturated heterocycles. The van der Waals surface area contributed by atoms with Crippen molar-refractivity contribution in [2.24, 2.45) is 0 Å². The average molecular weight is 338 g/mol. The van der Waals surface area contributed by atoms with E-state index < -0.39 is 9.84 Å². The first-order valence-electron chi connectivity index (χ1n) is 8.47. The number of para-hydroxylation sites is 1. The van der Waals surface area contributed by atoms with Gasteiger partial charge in [0.05, 0.1) is 11.5 Å². The fourth-order valence-corrected chi connectivity index (χ4v) is 4.64. The molecule has 2 aliphatic heterocycles. The van der Waals surface area contributed by atoms with Crippen LogP contribution in [0, 0.1) is 0 Å². The summed E-state index contributed by atoms with van der Waals surface area (Å²) in [6.07, 6.45) is 2.26. The highest BCUT2D eigenvalue weighted by Gasteiger charge is 2.29. The minimum absolute atomic E-state index is 0.331. The predicted octanol–water partition coefficient (Wildman–Crippen LogP) is 1.26. The zero-order chi connectivity index (χ0) is 16.1. The molecule has 0 spiro atoms. The molecule has 0 atom stereocenters. The van der Waals surface area contributed by atoms with Gasteiger partial charge in [0.15, 0.2) is 9.84 Å². The molecule has 23 heavy (non-hydrogen) atoms. The summed E-state index contributed by atoms with van der Waals surface area (Å²) in [5.74, 6) is 1.59. The van der Waals surface area contributed by atoms with Crippen molar-refractivity contribution < 1.29 is 13.2 Å². The maximum atomic E-state index is 11.5. The number of nitrogens with zero attached hydrogens (tertiary/aromatic N) is 2. The third kappa shape index (κ3) is 4.93. The van der Waals surface area contributed by atoms with Crippen LogP contribution < -0.4 is 4.74 Å². The molecule has 5 nitrogen and oxygen atoms in total. The molecular formula is C17H26N2O3S. The van der Waals surface area contributed by atoms with Crippen molar-refractivity contribution in [3.63, 3.8) is 0 Å². The molecule has 3 rings (SSSR count). The third-order valence-electron chi connectivity index (χ3n) is 4.87. The second-order valence-corrected chi connectivity index (χ2v) is 8.73. The lowest BCUT2D eigenvalue weighted by Gasteiger charge is -2.40. The smallest absolute Gasteiger partial charge is 0.152 e. The minimum atomic E-state index is -2.77. The number of ether oxygens (including phenoxy) is 1. The van der Waals surface area contributed by atoms with E-state index in [1.54, 1.807) is 0 Å². The molecule has 0 bridgehead atoms. The Bertz CT molecular complexity index is 569. The molecular weight excluding hydrogens is 312 g/mol. The Morgan fingerprint density at radius 3 is 2.30 bits per heavy atom. The Balaban J connectivity index is 1.36. The van der Waals surface area contributed by atoms with E-state index in [0.717, 1.165) is 44.8 Å². The van der Waals surface area contributed by atoms with Crippen LogP contribution in [-0.4, -0.2) is 75.1 Å². The summed E-state index contributed by atoms with van der Waals surface area (Å²) in [6, 6.07) is 10.5. The van der Waals surface area contributed by atoms with E-state index in [1.165, 1.54) is 0 Å². The molecule has 0 N–H and O–H groups in total. The van der Waals surface area contributed by atoms with Crippen LogP contribution >= 0.6 is 0 Å². The van der Waals surface area contributed by atoms with E-state index >= 15 is 0 Å². The molecule has 0 aromatic heterocycles. The normalized spacial score (nSPS) is 23.7. The van der Waals surface area contributed by atoms with E-state index in [2.05, 4.69) is 9.80 Å². The SMILES string of the molecule is O=S1(=O)CCN(C2CCN(CCOc3ccccc3)CC2)CC1. The molecule has 2 aliphatic rings. The summed E-state index contributed by atoms with van der Waals surface area (Å²) in [6.45, 7) is 5.25. The molecule has 1 aromatic rings. The lowest BCUT2D eigenvalue weighted by Crippen LogP contribution is -2.50. The highest BCUT2D eigenvalue weighted by atomic mass is 32.2. The molecule has 2 heterocycles. The summed E-state index contributed by atoms with van der Waals surface area (Å²) < 4.78 is 28.8. The first kappa shape index (κ1) is 16.7. The van der Waals surface area contributed by atoms with Gasteiger partial charge >= 0.3 is 0 Å².